The quantitative estimate of drug-likeness (QED) is 0.768. The number of hydrogen-bond donors (Lipinski definition) is 0. The SMILES string of the molecule is COc1cccc(COC(=O)c2cccc(OC)c2OC)c1. The molecule has 0 spiro atoms. The van der Waals surface area contributed by atoms with Gasteiger partial charge in [0.25, 0.3) is 0 Å². The van der Waals surface area contributed by atoms with Crippen LogP contribution in [0.4, 0.5) is 0 Å². The van der Waals surface area contributed by atoms with E-state index in [0.717, 1.165) is 5.56 Å². The molecule has 0 aliphatic rings. The van der Waals surface area contributed by atoms with Gasteiger partial charge >= 0.3 is 5.97 Å². The van der Waals surface area contributed by atoms with E-state index in [2.05, 4.69) is 0 Å². The van der Waals surface area contributed by atoms with Crippen molar-refractivity contribution in [3.8, 4) is 17.2 Å². The summed E-state index contributed by atoms with van der Waals surface area (Å²) in [5.74, 6) is 1.09. The molecule has 0 heterocycles. The van der Waals surface area contributed by atoms with Gasteiger partial charge in [0.1, 0.15) is 17.9 Å². The molecular weight excluding hydrogens is 284 g/mol. The summed E-state index contributed by atoms with van der Waals surface area (Å²) in [4.78, 5) is 12.2. The molecule has 5 heteroatoms. The van der Waals surface area contributed by atoms with Crippen LogP contribution in [-0.4, -0.2) is 27.3 Å². The zero-order valence-corrected chi connectivity index (χ0v) is 12.8. The molecule has 2 rings (SSSR count). The summed E-state index contributed by atoms with van der Waals surface area (Å²) < 4.78 is 20.9. The topological polar surface area (TPSA) is 54.0 Å². The molecule has 2 aromatic rings. The highest BCUT2D eigenvalue weighted by atomic mass is 16.5. The van der Waals surface area contributed by atoms with Gasteiger partial charge in [0, 0.05) is 0 Å². The summed E-state index contributed by atoms with van der Waals surface area (Å²) in [6.45, 7) is 0.149. The standard InChI is InChI=1S/C17H18O5/c1-19-13-7-4-6-12(10-13)11-22-17(18)14-8-5-9-15(20-2)16(14)21-3/h4-10H,11H2,1-3H3. The van der Waals surface area contributed by atoms with Crippen molar-refractivity contribution in [1.82, 2.24) is 0 Å². The third kappa shape index (κ3) is 3.49. The largest absolute Gasteiger partial charge is 0.497 e. The predicted octanol–water partition coefficient (Wildman–Crippen LogP) is 3.07. The second kappa shape index (κ2) is 7.36. The number of carbonyl (C=O) groups is 1. The number of methoxy groups -OCH3 is 3. The zero-order chi connectivity index (χ0) is 15.9. The maximum absolute atomic E-state index is 12.2. The predicted molar refractivity (Wildman–Crippen MR) is 81.7 cm³/mol. The lowest BCUT2D eigenvalue weighted by Crippen LogP contribution is -2.08. The maximum atomic E-state index is 12.2. The number of ether oxygens (including phenoxy) is 4. The Morgan fingerprint density at radius 1 is 0.955 bits per heavy atom. The first-order valence-electron chi connectivity index (χ1n) is 6.70. The van der Waals surface area contributed by atoms with Crippen molar-refractivity contribution in [1.29, 1.82) is 0 Å². The average Bonchev–Trinajstić information content (AvgIpc) is 2.58. The van der Waals surface area contributed by atoms with Crippen molar-refractivity contribution in [2.75, 3.05) is 21.3 Å². The smallest absolute Gasteiger partial charge is 0.342 e. The van der Waals surface area contributed by atoms with Crippen molar-refractivity contribution in [2.45, 2.75) is 6.61 Å². The molecule has 0 saturated carbocycles. The van der Waals surface area contributed by atoms with E-state index in [-0.39, 0.29) is 6.61 Å². The minimum Gasteiger partial charge on any atom is -0.497 e. The van der Waals surface area contributed by atoms with Crippen LogP contribution in [0.5, 0.6) is 17.2 Å². The van der Waals surface area contributed by atoms with Crippen LogP contribution in [0.25, 0.3) is 0 Å². The number of hydrogen-bond acceptors (Lipinski definition) is 5. The molecule has 22 heavy (non-hydrogen) atoms. The van der Waals surface area contributed by atoms with Crippen LogP contribution < -0.4 is 14.2 Å². The van der Waals surface area contributed by atoms with Crippen molar-refractivity contribution in [3.05, 3.63) is 53.6 Å². The Bertz CT molecular complexity index is 651. The molecule has 0 bridgehead atoms. The third-order valence-corrected chi connectivity index (χ3v) is 3.13. The molecule has 0 atom stereocenters. The zero-order valence-electron chi connectivity index (χ0n) is 12.8. The Morgan fingerprint density at radius 2 is 1.73 bits per heavy atom. The summed E-state index contributed by atoms with van der Waals surface area (Å²) >= 11 is 0. The van der Waals surface area contributed by atoms with E-state index in [4.69, 9.17) is 18.9 Å². The molecular formula is C17H18O5. The summed E-state index contributed by atoms with van der Waals surface area (Å²) in [6.07, 6.45) is 0. The number of carbonyl (C=O) groups excluding carboxylic acids is 1. The number of benzene rings is 2. The Hall–Kier alpha value is -2.69. The van der Waals surface area contributed by atoms with Gasteiger partial charge in [0.2, 0.25) is 0 Å². The second-order valence-electron chi connectivity index (χ2n) is 4.47. The van der Waals surface area contributed by atoms with Gasteiger partial charge in [0.05, 0.1) is 21.3 Å². The lowest BCUT2D eigenvalue weighted by Gasteiger charge is -2.12. The summed E-state index contributed by atoms with van der Waals surface area (Å²) in [7, 11) is 4.59. The third-order valence-electron chi connectivity index (χ3n) is 3.13. The molecule has 0 aliphatic heterocycles. The first-order chi connectivity index (χ1) is 10.7. The van der Waals surface area contributed by atoms with E-state index < -0.39 is 5.97 Å². The van der Waals surface area contributed by atoms with Gasteiger partial charge in [-0.2, -0.15) is 0 Å². The fraction of sp³-hybridized carbons (Fsp3) is 0.235. The van der Waals surface area contributed by atoms with Gasteiger partial charge < -0.3 is 18.9 Å². The van der Waals surface area contributed by atoms with E-state index in [1.807, 2.05) is 24.3 Å². The minimum absolute atomic E-state index is 0.149. The molecule has 0 aliphatic carbocycles. The molecule has 0 N–H and O–H groups in total. The normalized spacial score (nSPS) is 9.95. The van der Waals surface area contributed by atoms with E-state index in [9.17, 15) is 4.79 Å². The second-order valence-corrected chi connectivity index (χ2v) is 4.47. The first-order valence-corrected chi connectivity index (χ1v) is 6.70. The Kier molecular flexibility index (Phi) is 5.25. The van der Waals surface area contributed by atoms with Crippen LogP contribution in [0.2, 0.25) is 0 Å². The molecule has 0 radical (unpaired) electrons. The Morgan fingerprint density at radius 3 is 2.41 bits per heavy atom. The summed E-state index contributed by atoms with van der Waals surface area (Å²) in [5.41, 5.74) is 1.17. The average molecular weight is 302 g/mol. The van der Waals surface area contributed by atoms with Crippen LogP contribution in [-0.2, 0) is 11.3 Å². The highest BCUT2D eigenvalue weighted by Gasteiger charge is 2.17. The molecule has 5 nitrogen and oxygen atoms in total. The number of esters is 1. The molecule has 0 amide bonds. The highest BCUT2D eigenvalue weighted by Crippen LogP contribution is 2.31. The van der Waals surface area contributed by atoms with Gasteiger partial charge in [-0.25, -0.2) is 4.79 Å². The van der Waals surface area contributed by atoms with Crippen LogP contribution in [0, 0.1) is 0 Å². The van der Waals surface area contributed by atoms with Crippen molar-refractivity contribution in [3.63, 3.8) is 0 Å². The van der Waals surface area contributed by atoms with E-state index in [0.29, 0.717) is 22.8 Å². The molecule has 2 aromatic carbocycles. The van der Waals surface area contributed by atoms with Crippen LogP contribution in [0.15, 0.2) is 42.5 Å². The van der Waals surface area contributed by atoms with Gasteiger partial charge in [-0.3, -0.25) is 0 Å². The lowest BCUT2D eigenvalue weighted by atomic mass is 10.2. The van der Waals surface area contributed by atoms with E-state index >= 15 is 0 Å². The molecule has 0 unspecified atom stereocenters. The molecule has 0 aromatic heterocycles. The van der Waals surface area contributed by atoms with Gasteiger partial charge in [-0.15, -0.1) is 0 Å². The fourth-order valence-electron chi connectivity index (χ4n) is 2.04. The molecule has 0 saturated heterocycles. The van der Waals surface area contributed by atoms with Crippen molar-refractivity contribution in [2.24, 2.45) is 0 Å². The van der Waals surface area contributed by atoms with Crippen LogP contribution >= 0.6 is 0 Å². The van der Waals surface area contributed by atoms with Crippen molar-refractivity contribution >= 4 is 5.97 Å². The minimum atomic E-state index is -0.474. The van der Waals surface area contributed by atoms with Crippen LogP contribution in [0.3, 0.4) is 0 Å². The number of para-hydroxylation sites is 1. The summed E-state index contributed by atoms with van der Waals surface area (Å²) in [5, 5.41) is 0. The molecule has 0 fully saturated rings. The van der Waals surface area contributed by atoms with Gasteiger partial charge in [-0.1, -0.05) is 18.2 Å². The summed E-state index contributed by atoms with van der Waals surface area (Å²) in [6, 6.07) is 12.4. The van der Waals surface area contributed by atoms with Crippen molar-refractivity contribution < 1.29 is 23.7 Å². The van der Waals surface area contributed by atoms with Gasteiger partial charge in [0.15, 0.2) is 11.5 Å². The lowest BCUT2D eigenvalue weighted by molar-refractivity contribution is 0.0468. The molecule has 116 valence electrons. The maximum Gasteiger partial charge on any atom is 0.342 e. The van der Waals surface area contributed by atoms with Gasteiger partial charge in [-0.05, 0) is 29.8 Å². The van der Waals surface area contributed by atoms with E-state index in [1.54, 1.807) is 25.3 Å². The highest BCUT2D eigenvalue weighted by molar-refractivity contribution is 5.93. The number of rotatable bonds is 6. The van der Waals surface area contributed by atoms with E-state index in [1.165, 1.54) is 14.2 Å². The fourth-order valence-corrected chi connectivity index (χ4v) is 2.04. The Balaban J connectivity index is 2.12. The van der Waals surface area contributed by atoms with Crippen LogP contribution in [0.1, 0.15) is 15.9 Å². The monoisotopic (exact) mass is 302 g/mol. The first kappa shape index (κ1) is 15.7. The Labute approximate surface area is 129 Å².